The topological polar surface area (TPSA) is 95.7 Å². The molecule has 2 heterocycles. The van der Waals surface area contributed by atoms with Crippen molar-refractivity contribution in [2.24, 2.45) is 0 Å². The van der Waals surface area contributed by atoms with Crippen molar-refractivity contribution in [3.05, 3.63) is 78.4 Å². The molecule has 10 heteroatoms. The predicted molar refractivity (Wildman–Crippen MR) is 122 cm³/mol. The summed E-state index contributed by atoms with van der Waals surface area (Å²) in [5.74, 6) is 2.49. The molecule has 172 valence electrons. The molecule has 0 atom stereocenters. The molecule has 1 aliphatic rings. The maximum absolute atomic E-state index is 12.9. The molecule has 0 unspecified atom stereocenters. The van der Waals surface area contributed by atoms with Crippen LogP contribution in [0.25, 0.3) is 11.5 Å². The highest BCUT2D eigenvalue weighted by Crippen LogP contribution is 2.35. The molecule has 1 amide bonds. The third-order valence-corrected chi connectivity index (χ3v) is 5.77. The SMILES string of the molecule is O=C(COc1ccc(F)cc1)Nc1ccc(SCc2nnc(-c3ccc4c(c3)OCO4)o2)cc1. The first-order valence-corrected chi connectivity index (χ1v) is 11.2. The van der Waals surface area contributed by atoms with Crippen molar-refractivity contribution in [2.75, 3.05) is 18.7 Å². The lowest BCUT2D eigenvalue weighted by atomic mass is 10.2. The van der Waals surface area contributed by atoms with Crippen molar-refractivity contribution in [3.63, 3.8) is 0 Å². The van der Waals surface area contributed by atoms with Crippen LogP contribution in [0.3, 0.4) is 0 Å². The van der Waals surface area contributed by atoms with Crippen LogP contribution in [0.15, 0.2) is 76.0 Å². The highest BCUT2D eigenvalue weighted by molar-refractivity contribution is 7.98. The fourth-order valence-electron chi connectivity index (χ4n) is 3.11. The Hall–Kier alpha value is -4.05. The Labute approximate surface area is 198 Å². The molecule has 0 aliphatic carbocycles. The molecule has 0 spiro atoms. The van der Waals surface area contributed by atoms with Gasteiger partial charge in [0.1, 0.15) is 11.6 Å². The monoisotopic (exact) mass is 479 g/mol. The second-order valence-corrected chi connectivity index (χ2v) is 8.22. The van der Waals surface area contributed by atoms with Gasteiger partial charge in [-0.15, -0.1) is 22.0 Å². The number of benzene rings is 3. The minimum atomic E-state index is -0.362. The largest absolute Gasteiger partial charge is 0.484 e. The molecule has 5 rings (SSSR count). The van der Waals surface area contributed by atoms with Gasteiger partial charge in [0.2, 0.25) is 18.6 Å². The van der Waals surface area contributed by atoms with E-state index in [1.54, 1.807) is 12.1 Å². The fraction of sp³-hybridized carbons (Fsp3) is 0.125. The number of aromatic nitrogens is 2. The Morgan fingerprint density at radius 1 is 1.00 bits per heavy atom. The van der Waals surface area contributed by atoms with Crippen LogP contribution in [0.5, 0.6) is 17.2 Å². The standard InChI is InChI=1S/C24H18FN3O5S/c25-16-2-6-18(7-3-16)30-12-22(29)26-17-4-8-19(9-5-17)34-13-23-27-28-24(33-23)15-1-10-20-21(11-15)32-14-31-20/h1-11H,12-14H2,(H,26,29). The van der Waals surface area contributed by atoms with Gasteiger partial charge in [-0.1, -0.05) is 0 Å². The van der Waals surface area contributed by atoms with Gasteiger partial charge in [-0.2, -0.15) is 0 Å². The van der Waals surface area contributed by atoms with Gasteiger partial charge in [0.05, 0.1) is 5.75 Å². The molecule has 1 aromatic heterocycles. The molecule has 1 N–H and O–H groups in total. The summed E-state index contributed by atoms with van der Waals surface area (Å²) in [6, 6.07) is 18.3. The highest BCUT2D eigenvalue weighted by Gasteiger charge is 2.16. The summed E-state index contributed by atoms with van der Waals surface area (Å²) in [5.41, 5.74) is 1.40. The molecular weight excluding hydrogens is 461 g/mol. The van der Waals surface area contributed by atoms with Crippen molar-refractivity contribution in [1.29, 1.82) is 0 Å². The van der Waals surface area contributed by atoms with E-state index in [4.69, 9.17) is 18.6 Å². The third-order valence-electron chi connectivity index (χ3n) is 4.77. The summed E-state index contributed by atoms with van der Waals surface area (Å²) in [6.45, 7) is 0.0295. The second kappa shape index (κ2) is 9.84. The summed E-state index contributed by atoms with van der Waals surface area (Å²) in [6.07, 6.45) is 0. The first kappa shape index (κ1) is 21.8. The number of amides is 1. The van der Waals surface area contributed by atoms with Crippen LogP contribution in [0.4, 0.5) is 10.1 Å². The minimum Gasteiger partial charge on any atom is -0.484 e. The molecule has 0 fully saturated rings. The van der Waals surface area contributed by atoms with E-state index in [0.29, 0.717) is 40.5 Å². The molecule has 0 radical (unpaired) electrons. The van der Waals surface area contributed by atoms with E-state index in [9.17, 15) is 9.18 Å². The molecule has 4 aromatic rings. The van der Waals surface area contributed by atoms with Gasteiger partial charge in [0.25, 0.3) is 5.91 Å². The van der Waals surface area contributed by atoms with Gasteiger partial charge < -0.3 is 23.9 Å². The number of thioether (sulfide) groups is 1. The Balaban J connectivity index is 1.11. The zero-order valence-electron chi connectivity index (χ0n) is 17.7. The van der Waals surface area contributed by atoms with E-state index in [1.165, 1.54) is 36.0 Å². The molecule has 0 bridgehead atoms. The van der Waals surface area contributed by atoms with Crippen molar-refractivity contribution >= 4 is 23.4 Å². The average molecular weight is 479 g/mol. The average Bonchev–Trinajstić information content (AvgIpc) is 3.52. The number of nitrogens with one attached hydrogen (secondary N) is 1. The van der Waals surface area contributed by atoms with Crippen LogP contribution in [-0.2, 0) is 10.5 Å². The Kier molecular flexibility index (Phi) is 6.30. The summed E-state index contributed by atoms with van der Waals surface area (Å²) in [7, 11) is 0. The zero-order valence-corrected chi connectivity index (χ0v) is 18.5. The van der Waals surface area contributed by atoms with Gasteiger partial charge in [0, 0.05) is 16.1 Å². The van der Waals surface area contributed by atoms with E-state index in [-0.39, 0.29) is 25.1 Å². The smallest absolute Gasteiger partial charge is 0.262 e. The zero-order chi connectivity index (χ0) is 23.3. The molecule has 0 saturated heterocycles. The van der Waals surface area contributed by atoms with E-state index < -0.39 is 0 Å². The summed E-state index contributed by atoms with van der Waals surface area (Å²) >= 11 is 1.53. The van der Waals surface area contributed by atoms with Crippen molar-refractivity contribution in [3.8, 4) is 28.7 Å². The van der Waals surface area contributed by atoms with E-state index >= 15 is 0 Å². The molecule has 8 nitrogen and oxygen atoms in total. The number of fused-ring (bicyclic) bond motifs is 1. The second-order valence-electron chi connectivity index (χ2n) is 7.17. The number of halogens is 1. The maximum atomic E-state index is 12.9. The number of carbonyl (C=O) groups is 1. The lowest BCUT2D eigenvalue weighted by Gasteiger charge is -2.08. The third kappa shape index (κ3) is 5.29. The molecular formula is C24H18FN3O5S. The van der Waals surface area contributed by atoms with Crippen LogP contribution >= 0.6 is 11.8 Å². The highest BCUT2D eigenvalue weighted by atomic mass is 32.2. The molecule has 3 aromatic carbocycles. The van der Waals surface area contributed by atoms with E-state index in [1.807, 2.05) is 30.3 Å². The number of nitrogens with zero attached hydrogens (tertiary/aromatic N) is 2. The first-order valence-electron chi connectivity index (χ1n) is 10.3. The van der Waals surface area contributed by atoms with Crippen LogP contribution in [-0.4, -0.2) is 29.5 Å². The molecule has 1 aliphatic heterocycles. The summed E-state index contributed by atoms with van der Waals surface area (Å²) in [4.78, 5) is 13.0. The van der Waals surface area contributed by atoms with E-state index in [0.717, 1.165) is 10.5 Å². The first-order chi connectivity index (χ1) is 16.6. The lowest BCUT2D eigenvalue weighted by molar-refractivity contribution is -0.118. The minimum absolute atomic E-state index is 0.176. The van der Waals surface area contributed by atoms with Crippen LogP contribution in [0, 0.1) is 5.82 Å². The Morgan fingerprint density at radius 3 is 2.62 bits per heavy atom. The Morgan fingerprint density at radius 2 is 1.79 bits per heavy atom. The fourth-order valence-corrected chi connectivity index (χ4v) is 3.85. The summed E-state index contributed by atoms with van der Waals surface area (Å²) < 4.78 is 34.7. The summed E-state index contributed by atoms with van der Waals surface area (Å²) in [5, 5.41) is 11.0. The lowest BCUT2D eigenvalue weighted by Crippen LogP contribution is -2.20. The number of carbonyl (C=O) groups excluding carboxylic acids is 1. The Bertz CT molecular complexity index is 1290. The van der Waals surface area contributed by atoms with Crippen LogP contribution in [0.1, 0.15) is 5.89 Å². The van der Waals surface area contributed by atoms with Gasteiger partial charge >= 0.3 is 0 Å². The van der Waals surface area contributed by atoms with Crippen LogP contribution < -0.4 is 19.5 Å². The van der Waals surface area contributed by atoms with Gasteiger partial charge in [-0.3, -0.25) is 4.79 Å². The molecule has 34 heavy (non-hydrogen) atoms. The van der Waals surface area contributed by atoms with Crippen LogP contribution in [0.2, 0.25) is 0 Å². The van der Waals surface area contributed by atoms with Gasteiger partial charge in [-0.25, -0.2) is 4.39 Å². The number of rotatable bonds is 8. The van der Waals surface area contributed by atoms with Crippen molar-refractivity contribution in [1.82, 2.24) is 10.2 Å². The van der Waals surface area contributed by atoms with Gasteiger partial charge in [0.15, 0.2) is 18.1 Å². The predicted octanol–water partition coefficient (Wildman–Crippen LogP) is 4.91. The number of hydrogen-bond donors (Lipinski definition) is 1. The van der Waals surface area contributed by atoms with E-state index in [2.05, 4.69) is 15.5 Å². The number of hydrogen-bond acceptors (Lipinski definition) is 8. The quantitative estimate of drug-likeness (QED) is 0.356. The van der Waals surface area contributed by atoms with Gasteiger partial charge in [-0.05, 0) is 66.7 Å². The molecule has 0 saturated carbocycles. The van der Waals surface area contributed by atoms with Crippen molar-refractivity contribution in [2.45, 2.75) is 10.6 Å². The number of ether oxygens (including phenoxy) is 3. The van der Waals surface area contributed by atoms with Crippen molar-refractivity contribution < 1.29 is 27.8 Å². The number of anilines is 1. The maximum Gasteiger partial charge on any atom is 0.262 e. The normalized spacial score (nSPS) is 11.9.